The average molecular weight is 146 g/mol. The van der Waals surface area contributed by atoms with Crippen LogP contribution in [0.1, 0.15) is 19.8 Å². The van der Waals surface area contributed by atoms with E-state index in [-0.39, 0.29) is 24.9 Å². The molecule has 0 aliphatic carbocycles. The molecule has 0 aromatic carbocycles. The largest absolute Gasteiger partial charge is 0.394 e. The minimum absolute atomic E-state index is 0.0544. The number of ether oxygens (including phenoxy) is 1. The van der Waals surface area contributed by atoms with E-state index in [4.69, 9.17) is 14.9 Å². The van der Waals surface area contributed by atoms with Gasteiger partial charge in [-0.05, 0) is 19.8 Å². The molecule has 0 amide bonds. The summed E-state index contributed by atoms with van der Waals surface area (Å²) in [6, 6.07) is 0. The number of hydrogen-bond donors (Lipinski definition) is 2. The number of epoxide rings is 1. The molecule has 1 aliphatic rings. The molecule has 3 atom stereocenters. The molecule has 1 aliphatic heterocycles. The summed E-state index contributed by atoms with van der Waals surface area (Å²) in [5.41, 5.74) is 0. The topological polar surface area (TPSA) is 53.0 Å². The maximum atomic E-state index is 8.87. The summed E-state index contributed by atoms with van der Waals surface area (Å²) in [4.78, 5) is 0. The average Bonchev–Trinajstić information content (AvgIpc) is 2.61. The zero-order valence-corrected chi connectivity index (χ0v) is 6.16. The van der Waals surface area contributed by atoms with E-state index < -0.39 is 0 Å². The Balaban J connectivity index is 1.96. The fourth-order valence-corrected chi connectivity index (χ4v) is 0.999. The molecule has 3 unspecified atom stereocenters. The van der Waals surface area contributed by atoms with Crippen molar-refractivity contribution in [2.24, 2.45) is 0 Å². The van der Waals surface area contributed by atoms with Gasteiger partial charge in [-0.15, -0.1) is 0 Å². The second kappa shape index (κ2) is 3.32. The van der Waals surface area contributed by atoms with Crippen LogP contribution in [-0.4, -0.2) is 35.1 Å². The number of aliphatic hydroxyl groups excluding tert-OH is 2. The van der Waals surface area contributed by atoms with Crippen LogP contribution in [0.2, 0.25) is 0 Å². The van der Waals surface area contributed by atoms with Crippen LogP contribution in [0.25, 0.3) is 0 Å². The Morgan fingerprint density at radius 1 is 1.50 bits per heavy atom. The maximum Gasteiger partial charge on any atom is 0.107 e. The van der Waals surface area contributed by atoms with Gasteiger partial charge in [0, 0.05) is 0 Å². The molecule has 3 heteroatoms. The first-order valence-corrected chi connectivity index (χ1v) is 3.68. The van der Waals surface area contributed by atoms with Gasteiger partial charge in [-0.1, -0.05) is 0 Å². The Kier molecular flexibility index (Phi) is 2.65. The normalized spacial score (nSPS) is 33.9. The Morgan fingerprint density at radius 3 is 2.60 bits per heavy atom. The first-order chi connectivity index (χ1) is 4.74. The third-order valence-corrected chi connectivity index (χ3v) is 1.74. The van der Waals surface area contributed by atoms with E-state index in [1.807, 2.05) is 0 Å². The van der Waals surface area contributed by atoms with E-state index in [9.17, 15) is 0 Å². The quantitative estimate of drug-likeness (QED) is 0.545. The lowest BCUT2D eigenvalue weighted by molar-refractivity contribution is 0.176. The van der Waals surface area contributed by atoms with Gasteiger partial charge in [0.1, 0.15) is 6.10 Å². The van der Waals surface area contributed by atoms with Crippen molar-refractivity contribution in [2.75, 3.05) is 6.61 Å². The van der Waals surface area contributed by atoms with Gasteiger partial charge in [-0.25, -0.2) is 0 Å². The monoisotopic (exact) mass is 146 g/mol. The van der Waals surface area contributed by atoms with Gasteiger partial charge in [0.2, 0.25) is 0 Å². The van der Waals surface area contributed by atoms with Crippen molar-refractivity contribution in [3.8, 4) is 0 Å². The van der Waals surface area contributed by atoms with Gasteiger partial charge in [0.15, 0.2) is 0 Å². The summed E-state index contributed by atoms with van der Waals surface area (Å²) < 4.78 is 5.06. The first kappa shape index (κ1) is 7.98. The van der Waals surface area contributed by atoms with E-state index >= 15 is 0 Å². The zero-order chi connectivity index (χ0) is 7.56. The molecule has 1 saturated heterocycles. The lowest BCUT2D eigenvalue weighted by Gasteiger charge is -1.99. The molecule has 1 heterocycles. The number of aliphatic hydroxyl groups is 2. The highest BCUT2D eigenvalue weighted by Crippen LogP contribution is 2.26. The van der Waals surface area contributed by atoms with Crippen molar-refractivity contribution < 1.29 is 14.9 Å². The van der Waals surface area contributed by atoms with Crippen LogP contribution in [0.15, 0.2) is 0 Å². The van der Waals surface area contributed by atoms with E-state index in [1.165, 1.54) is 0 Å². The van der Waals surface area contributed by atoms with Crippen LogP contribution in [0, 0.1) is 0 Å². The lowest BCUT2D eigenvalue weighted by Crippen LogP contribution is -2.04. The summed E-state index contributed by atoms with van der Waals surface area (Å²) >= 11 is 0. The molecule has 0 aromatic heterocycles. The second-order valence-corrected chi connectivity index (χ2v) is 2.82. The third kappa shape index (κ3) is 2.25. The van der Waals surface area contributed by atoms with Gasteiger partial charge < -0.3 is 14.9 Å². The molecule has 0 saturated carbocycles. The fourth-order valence-electron chi connectivity index (χ4n) is 0.999. The molecule has 10 heavy (non-hydrogen) atoms. The molecule has 1 rings (SSSR count). The van der Waals surface area contributed by atoms with Crippen LogP contribution in [0.4, 0.5) is 0 Å². The Hall–Kier alpha value is -0.120. The number of hydrogen-bond acceptors (Lipinski definition) is 3. The summed E-state index contributed by atoms with van der Waals surface area (Å²) in [7, 11) is 0. The highest BCUT2D eigenvalue weighted by molar-refractivity contribution is 4.83. The van der Waals surface area contributed by atoms with E-state index in [0.29, 0.717) is 0 Å². The Bertz CT molecular complexity index is 103. The minimum atomic E-state index is -0.247. The maximum absolute atomic E-state index is 8.87. The van der Waals surface area contributed by atoms with E-state index in [2.05, 4.69) is 0 Å². The molecule has 60 valence electrons. The number of rotatable bonds is 4. The van der Waals surface area contributed by atoms with Crippen molar-refractivity contribution in [2.45, 2.75) is 38.1 Å². The van der Waals surface area contributed by atoms with E-state index in [0.717, 1.165) is 12.8 Å². The minimum Gasteiger partial charge on any atom is -0.394 e. The highest BCUT2D eigenvalue weighted by Gasteiger charge is 2.37. The van der Waals surface area contributed by atoms with Crippen molar-refractivity contribution in [1.29, 1.82) is 0 Å². The Labute approximate surface area is 60.6 Å². The van der Waals surface area contributed by atoms with Crippen LogP contribution in [-0.2, 0) is 4.74 Å². The highest BCUT2D eigenvalue weighted by atomic mass is 16.6. The second-order valence-electron chi connectivity index (χ2n) is 2.82. The first-order valence-electron chi connectivity index (χ1n) is 3.68. The van der Waals surface area contributed by atoms with Crippen LogP contribution in [0.5, 0.6) is 0 Å². The molecular formula is C7H14O3. The smallest absolute Gasteiger partial charge is 0.107 e. The molecule has 0 spiro atoms. The fraction of sp³-hybridized carbons (Fsp3) is 1.00. The van der Waals surface area contributed by atoms with Gasteiger partial charge in [0.05, 0.1) is 18.8 Å². The van der Waals surface area contributed by atoms with Gasteiger partial charge in [0.25, 0.3) is 0 Å². The predicted octanol–water partition coefficient (Wildman–Crippen LogP) is -0.0929. The third-order valence-electron chi connectivity index (χ3n) is 1.74. The van der Waals surface area contributed by atoms with Crippen LogP contribution < -0.4 is 0 Å². The molecular weight excluding hydrogens is 132 g/mol. The van der Waals surface area contributed by atoms with Crippen LogP contribution >= 0.6 is 0 Å². The summed E-state index contributed by atoms with van der Waals surface area (Å²) in [5.74, 6) is 0. The molecule has 0 bridgehead atoms. The Morgan fingerprint density at radius 2 is 2.20 bits per heavy atom. The SMILES string of the molecule is CC(O)CCC1OC1CO. The van der Waals surface area contributed by atoms with Crippen LogP contribution in [0.3, 0.4) is 0 Å². The van der Waals surface area contributed by atoms with Crippen molar-refractivity contribution in [1.82, 2.24) is 0 Å². The lowest BCUT2D eigenvalue weighted by atomic mass is 10.1. The van der Waals surface area contributed by atoms with E-state index in [1.54, 1.807) is 6.92 Å². The van der Waals surface area contributed by atoms with Crippen molar-refractivity contribution in [3.05, 3.63) is 0 Å². The molecule has 3 nitrogen and oxygen atoms in total. The van der Waals surface area contributed by atoms with Crippen molar-refractivity contribution >= 4 is 0 Å². The molecule has 1 fully saturated rings. The molecule has 0 aromatic rings. The van der Waals surface area contributed by atoms with Crippen molar-refractivity contribution in [3.63, 3.8) is 0 Å². The molecule has 2 N–H and O–H groups in total. The molecule has 0 radical (unpaired) electrons. The predicted molar refractivity (Wildman–Crippen MR) is 36.7 cm³/mol. The summed E-state index contributed by atoms with van der Waals surface area (Å²) in [6.45, 7) is 1.88. The summed E-state index contributed by atoms with van der Waals surface area (Å²) in [5, 5.41) is 17.4. The van der Waals surface area contributed by atoms with Gasteiger partial charge in [-0.2, -0.15) is 0 Å². The summed E-state index contributed by atoms with van der Waals surface area (Å²) in [6.07, 6.45) is 1.64. The van der Waals surface area contributed by atoms with Gasteiger partial charge in [-0.3, -0.25) is 0 Å². The van der Waals surface area contributed by atoms with Gasteiger partial charge >= 0.3 is 0 Å². The zero-order valence-electron chi connectivity index (χ0n) is 6.16. The standard InChI is InChI=1S/C7H14O3/c1-5(9)2-3-6-7(4-8)10-6/h5-9H,2-4H2,1H3.